The maximum absolute atomic E-state index is 4.23. The summed E-state index contributed by atoms with van der Waals surface area (Å²) in [6.45, 7) is 3.96. The van der Waals surface area contributed by atoms with Gasteiger partial charge in [0, 0.05) is 31.4 Å². The van der Waals surface area contributed by atoms with Gasteiger partial charge in [-0.15, -0.1) is 11.3 Å². The lowest BCUT2D eigenvalue weighted by Gasteiger charge is -2.02. The Morgan fingerprint density at radius 1 is 1.29 bits per heavy atom. The van der Waals surface area contributed by atoms with Gasteiger partial charge in [-0.05, 0) is 13.3 Å². The smallest absolute Gasteiger partial charge is 0.151 e. The molecule has 0 fully saturated rings. The van der Waals surface area contributed by atoms with Crippen LogP contribution in [0.4, 0.5) is 0 Å². The number of aromatic nitrogens is 4. The summed E-state index contributed by atoms with van der Waals surface area (Å²) < 4.78 is 1.73. The Morgan fingerprint density at radius 2 is 2.12 bits per heavy atom. The Bertz CT molecular complexity index is 462. The molecule has 0 atom stereocenters. The average Bonchev–Trinajstić information content (AvgIpc) is 2.88. The van der Waals surface area contributed by atoms with Gasteiger partial charge in [0.2, 0.25) is 0 Å². The van der Waals surface area contributed by atoms with E-state index in [9.17, 15) is 0 Å². The van der Waals surface area contributed by atoms with Crippen LogP contribution < -0.4 is 5.32 Å². The highest BCUT2D eigenvalue weighted by Gasteiger charge is 2.01. The van der Waals surface area contributed by atoms with E-state index in [1.54, 1.807) is 22.3 Å². The summed E-state index contributed by atoms with van der Waals surface area (Å²) in [6, 6.07) is 0. The molecule has 0 aliphatic rings. The first-order chi connectivity index (χ1) is 8.25. The van der Waals surface area contributed by atoms with Crippen LogP contribution in [0.25, 0.3) is 0 Å². The highest BCUT2D eigenvalue weighted by atomic mass is 32.1. The number of rotatable bonds is 6. The zero-order valence-electron chi connectivity index (χ0n) is 10.2. The lowest BCUT2D eigenvalue weighted by molar-refractivity contribution is 0.660. The van der Waals surface area contributed by atoms with Crippen LogP contribution in [0.3, 0.4) is 0 Å². The number of thiazole rings is 1. The Labute approximate surface area is 105 Å². The van der Waals surface area contributed by atoms with E-state index in [-0.39, 0.29) is 0 Å². The van der Waals surface area contributed by atoms with Gasteiger partial charge in [-0.2, -0.15) is 5.10 Å². The molecule has 0 aliphatic heterocycles. The molecular formula is C11H17N5S. The van der Waals surface area contributed by atoms with E-state index in [0.29, 0.717) is 0 Å². The zero-order valence-corrected chi connectivity index (χ0v) is 11.0. The van der Waals surface area contributed by atoms with Crippen molar-refractivity contribution in [1.29, 1.82) is 0 Å². The summed E-state index contributed by atoms with van der Waals surface area (Å²) in [4.78, 5) is 9.78. The van der Waals surface area contributed by atoms with Gasteiger partial charge < -0.3 is 5.32 Å². The number of aryl methyl sites for hydroxylation is 2. The molecule has 2 heterocycles. The van der Waals surface area contributed by atoms with Crippen molar-refractivity contribution in [2.24, 2.45) is 7.05 Å². The molecular weight excluding hydrogens is 234 g/mol. The quantitative estimate of drug-likeness (QED) is 0.777. The van der Waals surface area contributed by atoms with Gasteiger partial charge >= 0.3 is 0 Å². The maximum atomic E-state index is 4.23. The number of nitrogens with one attached hydrogen (secondary N) is 1. The van der Waals surface area contributed by atoms with E-state index >= 15 is 0 Å². The van der Waals surface area contributed by atoms with Crippen LogP contribution in [-0.2, 0) is 19.9 Å². The number of hydrogen-bond acceptors (Lipinski definition) is 5. The third kappa shape index (κ3) is 3.61. The molecule has 6 heteroatoms. The molecule has 17 heavy (non-hydrogen) atoms. The molecule has 0 saturated carbocycles. The van der Waals surface area contributed by atoms with Crippen molar-refractivity contribution in [3.63, 3.8) is 0 Å². The summed E-state index contributed by atoms with van der Waals surface area (Å²) in [5, 5.41) is 7.63. The van der Waals surface area contributed by atoms with Crippen molar-refractivity contribution in [2.45, 2.75) is 19.8 Å². The van der Waals surface area contributed by atoms with Crippen LogP contribution >= 0.6 is 11.3 Å². The molecule has 1 N–H and O–H groups in total. The minimum absolute atomic E-state index is 0.877. The first kappa shape index (κ1) is 12.2. The highest BCUT2D eigenvalue weighted by Crippen LogP contribution is 2.11. The number of hydrogen-bond donors (Lipinski definition) is 1. The summed E-state index contributed by atoms with van der Waals surface area (Å²) >= 11 is 1.73. The molecule has 92 valence electrons. The van der Waals surface area contributed by atoms with Crippen LogP contribution in [0.5, 0.6) is 0 Å². The van der Waals surface area contributed by atoms with Crippen LogP contribution in [0.15, 0.2) is 11.8 Å². The topological polar surface area (TPSA) is 55.6 Å². The Morgan fingerprint density at radius 3 is 2.76 bits per heavy atom. The molecule has 2 rings (SSSR count). The van der Waals surface area contributed by atoms with E-state index in [2.05, 4.69) is 27.3 Å². The summed E-state index contributed by atoms with van der Waals surface area (Å²) in [6.07, 6.45) is 3.66. The van der Waals surface area contributed by atoms with Crippen molar-refractivity contribution < 1.29 is 0 Å². The fourth-order valence-electron chi connectivity index (χ4n) is 1.59. The van der Waals surface area contributed by atoms with Crippen LogP contribution in [0.2, 0.25) is 0 Å². The molecule has 0 aliphatic carbocycles. The predicted octanol–water partition coefficient (Wildman–Crippen LogP) is 0.955. The monoisotopic (exact) mass is 251 g/mol. The molecule has 0 aromatic carbocycles. The first-order valence-corrected chi connectivity index (χ1v) is 6.58. The van der Waals surface area contributed by atoms with Crippen molar-refractivity contribution in [1.82, 2.24) is 25.1 Å². The summed E-state index contributed by atoms with van der Waals surface area (Å²) in [7, 11) is 1.89. The fraction of sp³-hybridized carbons (Fsp3) is 0.545. The van der Waals surface area contributed by atoms with Crippen molar-refractivity contribution in [3.05, 3.63) is 28.2 Å². The van der Waals surface area contributed by atoms with Gasteiger partial charge in [0.25, 0.3) is 0 Å². The normalized spacial score (nSPS) is 10.9. The van der Waals surface area contributed by atoms with E-state index in [1.165, 1.54) is 4.88 Å². The van der Waals surface area contributed by atoms with E-state index in [0.717, 1.165) is 37.4 Å². The Balaban J connectivity index is 1.62. The lowest BCUT2D eigenvalue weighted by atomic mass is 10.3. The van der Waals surface area contributed by atoms with Crippen LogP contribution in [0.1, 0.15) is 16.4 Å². The van der Waals surface area contributed by atoms with E-state index < -0.39 is 0 Å². The van der Waals surface area contributed by atoms with E-state index in [4.69, 9.17) is 0 Å². The molecule has 0 bridgehead atoms. The fourth-order valence-corrected chi connectivity index (χ4v) is 2.37. The first-order valence-electron chi connectivity index (χ1n) is 5.70. The van der Waals surface area contributed by atoms with Gasteiger partial charge in [0.1, 0.15) is 6.33 Å². The predicted molar refractivity (Wildman–Crippen MR) is 68.1 cm³/mol. The van der Waals surface area contributed by atoms with Crippen molar-refractivity contribution in [2.75, 3.05) is 13.1 Å². The minimum Gasteiger partial charge on any atom is -0.316 e. The van der Waals surface area contributed by atoms with Gasteiger partial charge in [-0.25, -0.2) is 9.97 Å². The molecule has 0 saturated heterocycles. The molecule has 0 amide bonds. The lowest BCUT2D eigenvalue weighted by Crippen LogP contribution is -2.20. The molecule has 0 radical (unpaired) electrons. The molecule has 5 nitrogen and oxygen atoms in total. The van der Waals surface area contributed by atoms with Gasteiger partial charge in [-0.1, -0.05) is 0 Å². The third-order valence-corrected chi connectivity index (χ3v) is 3.54. The second-order valence-electron chi connectivity index (χ2n) is 3.95. The molecule has 0 unspecified atom stereocenters. The summed E-state index contributed by atoms with van der Waals surface area (Å²) in [5.74, 6) is 0.897. The SMILES string of the molecule is Cc1ncsc1CCNCCc1ncn(C)n1. The number of nitrogens with zero attached hydrogens (tertiary/aromatic N) is 4. The van der Waals surface area contributed by atoms with Crippen molar-refractivity contribution in [3.8, 4) is 0 Å². The second kappa shape index (κ2) is 5.88. The van der Waals surface area contributed by atoms with Crippen LogP contribution in [-0.4, -0.2) is 32.8 Å². The van der Waals surface area contributed by atoms with Crippen molar-refractivity contribution >= 4 is 11.3 Å². The van der Waals surface area contributed by atoms with Gasteiger partial charge in [0.05, 0.1) is 11.2 Å². The maximum Gasteiger partial charge on any atom is 0.151 e. The molecule has 2 aromatic heterocycles. The standard InChI is InChI=1S/C11H17N5S/c1-9-10(17-8-14-9)3-5-12-6-4-11-13-7-16(2)15-11/h7-8,12H,3-6H2,1-2H3. The molecule has 0 spiro atoms. The van der Waals surface area contributed by atoms with Gasteiger partial charge in [0.15, 0.2) is 5.82 Å². The van der Waals surface area contributed by atoms with Crippen LogP contribution in [0, 0.1) is 6.92 Å². The summed E-state index contributed by atoms with van der Waals surface area (Å²) in [5.41, 5.74) is 3.06. The van der Waals surface area contributed by atoms with E-state index in [1.807, 2.05) is 12.6 Å². The third-order valence-electron chi connectivity index (χ3n) is 2.55. The minimum atomic E-state index is 0.877. The largest absolute Gasteiger partial charge is 0.316 e. The average molecular weight is 251 g/mol. The Kier molecular flexibility index (Phi) is 4.22. The Hall–Kier alpha value is -1.27. The zero-order chi connectivity index (χ0) is 12.1. The molecule has 2 aromatic rings. The van der Waals surface area contributed by atoms with Gasteiger partial charge in [-0.3, -0.25) is 4.68 Å². The second-order valence-corrected chi connectivity index (χ2v) is 4.88. The highest BCUT2D eigenvalue weighted by molar-refractivity contribution is 7.09.